The van der Waals surface area contributed by atoms with E-state index in [1.165, 1.54) is 18.9 Å². The third kappa shape index (κ3) is 2.93. The molecule has 5 heteroatoms. The van der Waals surface area contributed by atoms with E-state index in [-0.39, 0.29) is 29.1 Å². The molecule has 16 heavy (non-hydrogen) atoms. The number of hydrogen-bond acceptors (Lipinski definition) is 3. The van der Waals surface area contributed by atoms with Crippen molar-refractivity contribution in [2.45, 2.75) is 25.3 Å². The van der Waals surface area contributed by atoms with Crippen molar-refractivity contribution >= 4 is 18.1 Å². The lowest BCUT2D eigenvalue weighted by Crippen LogP contribution is -2.12. The summed E-state index contributed by atoms with van der Waals surface area (Å²) in [7, 11) is 0. The molecule has 0 heterocycles. The van der Waals surface area contributed by atoms with E-state index in [1.807, 2.05) is 0 Å². The molecular weight excluding hydrogens is 228 g/mol. The summed E-state index contributed by atoms with van der Waals surface area (Å²) in [5.74, 6) is 0.680. The van der Waals surface area contributed by atoms with Crippen LogP contribution in [-0.2, 0) is 0 Å². The molecule has 1 aromatic carbocycles. The van der Waals surface area contributed by atoms with Gasteiger partial charge in [0.1, 0.15) is 0 Å². The number of nitrogens with zero attached hydrogens (tertiary/aromatic N) is 1. The van der Waals surface area contributed by atoms with E-state index < -0.39 is 0 Å². The van der Waals surface area contributed by atoms with E-state index in [4.69, 9.17) is 5.73 Å². The van der Waals surface area contributed by atoms with Crippen molar-refractivity contribution in [3.63, 3.8) is 0 Å². The Balaban J connectivity index is 0.00000128. The molecule has 1 aliphatic carbocycles. The van der Waals surface area contributed by atoms with Crippen LogP contribution in [0.1, 0.15) is 30.9 Å². The predicted octanol–water partition coefficient (Wildman–Crippen LogP) is 2.82. The fraction of sp³-hybridized carbons (Fsp3) is 0.455. The van der Waals surface area contributed by atoms with Crippen LogP contribution < -0.4 is 5.73 Å². The first-order valence-corrected chi connectivity index (χ1v) is 5.17. The van der Waals surface area contributed by atoms with Gasteiger partial charge in [0, 0.05) is 17.7 Å². The highest BCUT2D eigenvalue weighted by atomic mass is 35.5. The van der Waals surface area contributed by atoms with Gasteiger partial charge in [0.2, 0.25) is 0 Å². The van der Waals surface area contributed by atoms with Gasteiger partial charge in [0.25, 0.3) is 5.69 Å². The number of halogens is 1. The summed E-state index contributed by atoms with van der Waals surface area (Å²) in [6.07, 6.45) is 3.30. The van der Waals surface area contributed by atoms with Crippen molar-refractivity contribution in [2.75, 3.05) is 0 Å². The van der Waals surface area contributed by atoms with Gasteiger partial charge in [-0.25, -0.2) is 0 Å². The molecule has 4 nitrogen and oxygen atoms in total. The number of nitrogens with two attached hydrogens (primary N) is 1. The van der Waals surface area contributed by atoms with Crippen LogP contribution in [0.3, 0.4) is 0 Å². The fourth-order valence-electron chi connectivity index (χ4n) is 1.81. The molecule has 1 atom stereocenters. The molecule has 1 saturated carbocycles. The first kappa shape index (κ1) is 12.9. The molecule has 88 valence electrons. The van der Waals surface area contributed by atoms with E-state index in [0.717, 1.165) is 6.42 Å². The molecule has 1 fully saturated rings. The third-order valence-corrected chi connectivity index (χ3v) is 2.82. The summed E-state index contributed by atoms with van der Waals surface area (Å²) in [5, 5.41) is 10.8. The van der Waals surface area contributed by atoms with Crippen LogP contribution >= 0.6 is 12.4 Å². The highest BCUT2D eigenvalue weighted by Gasteiger charge is 2.27. The summed E-state index contributed by atoms with van der Waals surface area (Å²) < 4.78 is 0. The maximum absolute atomic E-state index is 10.8. The summed E-state index contributed by atoms with van der Waals surface area (Å²) in [5.41, 5.74) is 6.78. The number of benzene rings is 1. The van der Waals surface area contributed by atoms with E-state index in [1.54, 1.807) is 18.2 Å². The molecule has 0 saturated heterocycles. The lowest BCUT2D eigenvalue weighted by Gasteiger charge is -2.11. The molecule has 1 aromatic rings. The second kappa shape index (κ2) is 5.27. The smallest absolute Gasteiger partial charge is 0.274 e. The van der Waals surface area contributed by atoms with Crippen molar-refractivity contribution in [3.05, 3.63) is 39.9 Å². The van der Waals surface area contributed by atoms with E-state index in [0.29, 0.717) is 11.5 Å². The normalized spacial score (nSPS) is 16.3. The summed E-state index contributed by atoms with van der Waals surface area (Å²) in [6.45, 7) is 0. The van der Waals surface area contributed by atoms with Gasteiger partial charge in [0.05, 0.1) is 4.92 Å². The van der Waals surface area contributed by atoms with Crippen molar-refractivity contribution in [1.29, 1.82) is 0 Å². The molecule has 2 rings (SSSR count). The van der Waals surface area contributed by atoms with Gasteiger partial charge >= 0.3 is 0 Å². The van der Waals surface area contributed by atoms with Crippen molar-refractivity contribution in [3.8, 4) is 0 Å². The standard InChI is InChI=1S/C11H14N2O2.ClH/c12-10(7-8-5-6-8)9-3-1-2-4-11(9)13(14)15;/h1-4,8,10H,5-7,12H2;1H/t10-;/m0./s1. The van der Waals surface area contributed by atoms with Gasteiger partial charge in [0.15, 0.2) is 0 Å². The zero-order valence-corrected chi connectivity index (χ0v) is 9.65. The fourth-order valence-corrected chi connectivity index (χ4v) is 1.81. The molecular formula is C11H15ClN2O2. The van der Waals surface area contributed by atoms with Crippen LogP contribution in [0.15, 0.2) is 24.3 Å². The predicted molar refractivity (Wildman–Crippen MR) is 64.6 cm³/mol. The van der Waals surface area contributed by atoms with Gasteiger partial charge < -0.3 is 5.73 Å². The van der Waals surface area contributed by atoms with Crippen molar-refractivity contribution in [2.24, 2.45) is 11.7 Å². The number of rotatable bonds is 4. The quantitative estimate of drug-likeness (QED) is 0.652. The average Bonchev–Trinajstić information content (AvgIpc) is 3.01. The monoisotopic (exact) mass is 242 g/mol. The van der Waals surface area contributed by atoms with Gasteiger partial charge in [-0.15, -0.1) is 12.4 Å². The zero-order valence-electron chi connectivity index (χ0n) is 8.83. The highest BCUT2D eigenvalue weighted by molar-refractivity contribution is 5.85. The number of para-hydroxylation sites is 1. The number of hydrogen-bond donors (Lipinski definition) is 1. The van der Waals surface area contributed by atoms with Crippen LogP contribution in [-0.4, -0.2) is 4.92 Å². The highest BCUT2D eigenvalue weighted by Crippen LogP contribution is 2.38. The van der Waals surface area contributed by atoms with Crippen LogP contribution in [0.5, 0.6) is 0 Å². The Hall–Kier alpha value is -1.13. The summed E-state index contributed by atoms with van der Waals surface area (Å²) >= 11 is 0. The van der Waals surface area contributed by atoms with Crippen molar-refractivity contribution < 1.29 is 4.92 Å². The van der Waals surface area contributed by atoms with Crippen LogP contribution in [0, 0.1) is 16.0 Å². The average molecular weight is 243 g/mol. The Morgan fingerprint density at radius 3 is 2.62 bits per heavy atom. The second-order valence-corrected chi connectivity index (χ2v) is 4.10. The molecule has 0 spiro atoms. The van der Waals surface area contributed by atoms with E-state index >= 15 is 0 Å². The van der Waals surface area contributed by atoms with Crippen LogP contribution in [0.25, 0.3) is 0 Å². The maximum Gasteiger partial charge on any atom is 0.274 e. The van der Waals surface area contributed by atoms with Crippen molar-refractivity contribution in [1.82, 2.24) is 0 Å². The molecule has 0 aliphatic heterocycles. The SMILES string of the molecule is Cl.N[C@@H](CC1CC1)c1ccccc1[N+](=O)[O-]. The summed E-state index contributed by atoms with van der Waals surface area (Å²) in [4.78, 5) is 10.4. The van der Waals surface area contributed by atoms with Crippen LogP contribution in [0.2, 0.25) is 0 Å². The van der Waals surface area contributed by atoms with Gasteiger partial charge in [-0.1, -0.05) is 31.0 Å². The molecule has 0 bridgehead atoms. The Morgan fingerprint density at radius 1 is 1.44 bits per heavy atom. The Morgan fingerprint density at radius 2 is 2.06 bits per heavy atom. The first-order chi connectivity index (χ1) is 7.18. The minimum absolute atomic E-state index is 0. The molecule has 0 unspecified atom stereocenters. The maximum atomic E-state index is 10.8. The molecule has 0 radical (unpaired) electrons. The lowest BCUT2D eigenvalue weighted by atomic mass is 10.0. The van der Waals surface area contributed by atoms with Gasteiger partial charge in [-0.3, -0.25) is 10.1 Å². The van der Waals surface area contributed by atoms with Gasteiger partial charge in [-0.05, 0) is 12.3 Å². The topological polar surface area (TPSA) is 69.2 Å². The molecule has 0 aromatic heterocycles. The zero-order chi connectivity index (χ0) is 10.8. The van der Waals surface area contributed by atoms with E-state index in [9.17, 15) is 10.1 Å². The van der Waals surface area contributed by atoms with Gasteiger partial charge in [-0.2, -0.15) is 0 Å². The Bertz CT molecular complexity index is 380. The summed E-state index contributed by atoms with van der Waals surface area (Å²) in [6, 6.07) is 6.55. The second-order valence-electron chi connectivity index (χ2n) is 4.10. The third-order valence-electron chi connectivity index (χ3n) is 2.82. The number of nitro groups is 1. The molecule has 0 amide bonds. The minimum Gasteiger partial charge on any atom is -0.324 e. The van der Waals surface area contributed by atoms with Crippen LogP contribution in [0.4, 0.5) is 5.69 Å². The molecule has 1 aliphatic rings. The lowest BCUT2D eigenvalue weighted by molar-refractivity contribution is -0.385. The first-order valence-electron chi connectivity index (χ1n) is 5.17. The van der Waals surface area contributed by atoms with E-state index in [2.05, 4.69) is 0 Å². The largest absolute Gasteiger partial charge is 0.324 e. The Kier molecular flexibility index (Phi) is 4.26. The number of nitro benzene ring substituents is 1. The molecule has 2 N–H and O–H groups in total. The Labute approximate surface area is 100 Å². The minimum atomic E-state index is -0.359.